The molecular weight excluding hydrogens is 238 g/mol. The normalized spacial score (nSPS) is 21.9. The van der Waals surface area contributed by atoms with Gasteiger partial charge in [-0.05, 0) is 25.6 Å². The summed E-state index contributed by atoms with van der Waals surface area (Å²) in [5, 5.41) is 6.68. The van der Waals surface area contributed by atoms with Crippen molar-refractivity contribution in [3.8, 4) is 0 Å². The molecule has 0 bridgehead atoms. The average Bonchev–Trinajstić information content (AvgIpc) is 2.28. The molecule has 2 unspecified atom stereocenters. The summed E-state index contributed by atoms with van der Waals surface area (Å²) in [6.07, 6.45) is 0.756. The fourth-order valence-corrected chi connectivity index (χ4v) is 2.37. The first-order chi connectivity index (χ1) is 8.10. The second-order valence-corrected chi connectivity index (χ2v) is 4.60. The highest BCUT2D eigenvalue weighted by molar-refractivity contribution is 7.80. The number of thiocarbonyl (C=S) groups is 1. The molecule has 17 heavy (non-hydrogen) atoms. The number of carbonyl (C=O) groups excluding carboxylic acids is 1. The van der Waals surface area contributed by atoms with E-state index < -0.39 is 0 Å². The third-order valence-electron chi connectivity index (χ3n) is 2.76. The Morgan fingerprint density at radius 3 is 3.06 bits per heavy atom. The molecule has 0 saturated carbocycles. The molecule has 1 fully saturated rings. The number of carbonyl (C=O) groups is 1. The summed E-state index contributed by atoms with van der Waals surface area (Å²) in [6, 6.07) is -0.00603. The third-order valence-corrected chi connectivity index (χ3v) is 3.12. The van der Waals surface area contributed by atoms with E-state index in [9.17, 15) is 4.79 Å². The zero-order chi connectivity index (χ0) is 12.8. The van der Waals surface area contributed by atoms with E-state index in [2.05, 4.69) is 10.6 Å². The van der Waals surface area contributed by atoms with Gasteiger partial charge < -0.3 is 20.3 Å². The zero-order valence-electron chi connectivity index (χ0n) is 10.7. The van der Waals surface area contributed by atoms with Gasteiger partial charge in [0.25, 0.3) is 0 Å². The molecule has 1 saturated heterocycles. The Labute approximate surface area is 108 Å². The first-order valence-electron chi connectivity index (χ1n) is 5.94. The van der Waals surface area contributed by atoms with E-state index in [1.54, 1.807) is 7.11 Å². The van der Waals surface area contributed by atoms with Crippen molar-refractivity contribution < 1.29 is 9.53 Å². The van der Waals surface area contributed by atoms with E-state index in [1.807, 2.05) is 18.7 Å². The molecule has 1 amide bonds. The number of amides is 1. The lowest BCUT2D eigenvalue weighted by Gasteiger charge is -2.37. The number of rotatable bonds is 4. The van der Waals surface area contributed by atoms with Crippen molar-refractivity contribution in [1.29, 1.82) is 0 Å². The van der Waals surface area contributed by atoms with Gasteiger partial charge in [0.05, 0.1) is 6.61 Å². The van der Waals surface area contributed by atoms with Crippen molar-refractivity contribution in [3.63, 3.8) is 0 Å². The first kappa shape index (κ1) is 14.2. The Morgan fingerprint density at radius 2 is 2.47 bits per heavy atom. The van der Waals surface area contributed by atoms with E-state index in [0.29, 0.717) is 18.3 Å². The van der Waals surface area contributed by atoms with Crippen LogP contribution in [0.25, 0.3) is 0 Å². The molecule has 0 spiro atoms. The lowest BCUT2D eigenvalue weighted by molar-refractivity contribution is -0.127. The van der Waals surface area contributed by atoms with Crippen LogP contribution < -0.4 is 10.6 Å². The Hall–Kier alpha value is -0.880. The fourth-order valence-electron chi connectivity index (χ4n) is 1.95. The molecular formula is C11H21N3O2S. The Bertz CT molecular complexity index is 286. The maximum Gasteiger partial charge on any atom is 0.242 e. The number of hydrogen-bond donors (Lipinski definition) is 2. The molecule has 2 atom stereocenters. The highest BCUT2D eigenvalue weighted by atomic mass is 32.1. The second-order valence-electron chi connectivity index (χ2n) is 4.21. The monoisotopic (exact) mass is 259 g/mol. The van der Waals surface area contributed by atoms with Gasteiger partial charge in [0.2, 0.25) is 5.91 Å². The van der Waals surface area contributed by atoms with Crippen molar-refractivity contribution in [1.82, 2.24) is 15.5 Å². The van der Waals surface area contributed by atoms with Gasteiger partial charge in [0.1, 0.15) is 6.04 Å². The zero-order valence-corrected chi connectivity index (χ0v) is 11.5. The molecule has 0 aromatic heterocycles. The SMILES string of the molecule is CCC1C(=O)NCCN1C(=S)NC(C)COC. The predicted octanol–water partition coefficient (Wildman–Crippen LogP) is 0.106. The van der Waals surface area contributed by atoms with Crippen molar-refractivity contribution in [2.24, 2.45) is 0 Å². The van der Waals surface area contributed by atoms with Gasteiger partial charge in [-0.3, -0.25) is 4.79 Å². The van der Waals surface area contributed by atoms with E-state index in [1.165, 1.54) is 0 Å². The molecule has 1 aliphatic heterocycles. The summed E-state index contributed by atoms with van der Waals surface area (Å²) in [5.74, 6) is 0.0577. The van der Waals surface area contributed by atoms with Crippen molar-refractivity contribution >= 4 is 23.2 Å². The summed E-state index contributed by atoms with van der Waals surface area (Å²) in [7, 11) is 1.66. The molecule has 0 aliphatic carbocycles. The van der Waals surface area contributed by atoms with Crippen LogP contribution in [0.2, 0.25) is 0 Å². The largest absolute Gasteiger partial charge is 0.383 e. The van der Waals surface area contributed by atoms with Crippen LogP contribution in [0, 0.1) is 0 Å². The van der Waals surface area contributed by atoms with Crippen LogP contribution in [0.4, 0.5) is 0 Å². The minimum absolute atomic E-state index is 0.0577. The molecule has 2 N–H and O–H groups in total. The van der Waals surface area contributed by atoms with Gasteiger partial charge in [0, 0.05) is 26.2 Å². The molecule has 98 valence electrons. The summed E-state index contributed by atoms with van der Waals surface area (Å²) in [5.41, 5.74) is 0. The van der Waals surface area contributed by atoms with Crippen molar-refractivity contribution in [2.75, 3.05) is 26.8 Å². The fraction of sp³-hybridized carbons (Fsp3) is 0.818. The van der Waals surface area contributed by atoms with Gasteiger partial charge in [-0.15, -0.1) is 0 Å². The molecule has 1 heterocycles. The van der Waals surface area contributed by atoms with Crippen LogP contribution in [0.3, 0.4) is 0 Å². The lowest BCUT2D eigenvalue weighted by Crippen LogP contribution is -2.60. The van der Waals surface area contributed by atoms with Crippen LogP contribution >= 0.6 is 12.2 Å². The Balaban J connectivity index is 2.57. The Kier molecular flexibility index (Phi) is 5.64. The van der Waals surface area contributed by atoms with Gasteiger partial charge in [-0.1, -0.05) is 6.92 Å². The summed E-state index contributed by atoms with van der Waals surface area (Å²) < 4.78 is 5.05. The molecule has 1 aliphatic rings. The maximum absolute atomic E-state index is 11.7. The maximum atomic E-state index is 11.7. The van der Waals surface area contributed by atoms with Gasteiger partial charge >= 0.3 is 0 Å². The predicted molar refractivity (Wildman–Crippen MR) is 70.9 cm³/mol. The van der Waals surface area contributed by atoms with Crippen LogP contribution in [-0.4, -0.2) is 54.8 Å². The number of ether oxygens (including phenoxy) is 1. The number of hydrogen-bond acceptors (Lipinski definition) is 3. The van der Waals surface area contributed by atoms with E-state index >= 15 is 0 Å². The van der Waals surface area contributed by atoms with Gasteiger partial charge in [-0.25, -0.2) is 0 Å². The number of piperazine rings is 1. The van der Waals surface area contributed by atoms with Crippen molar-refractivity contribution in [3.05, 3.63) is 0 Å². The number of nitrogens with one attached hydrogen (secondary N) is 2. The third kappa shape index (κ3) is 3.81. The number of nitrogens with zero attached hydrogens (tertiary/aromatic N) is 1. The molecule has 6 heteroatoms. The van der Waals surface area contributed by atoms with Gasteiger partial charge in [-0.2, -0.15) is 0 Å². The number of methoxy groups -OCH3 is 1. The highest BCUT2D eigenvalue weighted by Gasteiger charge is 2.29. The quantitative estimate of drug-likeness (QED) is 0.702. The molecule has 0 aromatic rings. The summed E-state index contributed by atoms with van der Waals surface area (Å²) >= 11 is 5.34. The minimum atomic E-state index is -0.154. The van der Waals surface area contributed by atoms with Gasteiger partial charge in [0.15, 0.2) is 5.11 Å². The van der Waals surface area contributed by atoms with Crippen LogP contribution in [0.1, 0.15) is 20.3 Å². The van der Waals surface area contributed by atoms with E-state index in [4.69, 9.17) is 17.0 Å². The van der Waals surface area contributed by atoms with E-state index in [-0.39, 0.29) is 18.0 Å². The van der Waals surface area contributed by atoms with Crippen LogP contribution in [0.5, 0.6) is 0 Å². The summed E-state index contributed by atoms with van der Waals surface area (Å²) in [6.45, 7) is 5.99. The van der Waals surface area contributed by atoms with Crippen LogP contribution in [-0.2, 0) is 9.53 Å². The standard InChI is InChI=1S/C11H21N3O2S/c1-4-9-10(15)12-5-6-14(9)11(17)13-8(2)7-16-3/h8-9H,4-7H2,1-3H3,(H,12,15)(H,13,17). The topological polar surface area (TPSA) is 53.6 Å². The molecule has 1 rings (SSSR count). The lowest BCUT2D eigenvalue weighted by atomic mass is 10.1. The average molecular weight is 259 g/mol. The summed E-state index contributed by atoms with van der Waals surface area (Å²) in [4.78, 5) is 13.6. The molecule has 0 radical (unpaired) electrons. The molecule has 5 nitrogen and oxygen atoms in total. The van der Waals surface area contributed by atoms with Crippen molar-refractivity contribution in [2.45, 2.75) is 32.4 Å². The highest BCUT2D eigenvalue weighted by Crippen LogP contribution is 2.09. The smallest absolute Gasteiger partial charge is 0.242 e. The minimum Gasteiger partial charge on any atom is -0.383 e. The second kappa shape index (κ2) is 6.76. The molecule has 0 aromatic carbocycles. The first-order valence-corrected chi connectivity index (χ1v) is 6.34. The Morgan fingerprint density at radius 1 is 1.76 bits per heavy atom. The van der Waals surface area contributed by atoms with E-state index in [0.717, 1.165) is 13.0 Å². The van der Waals surface area contributed by atoms with Crippen LogP contribution in [0.15, 0.2) is 0 Å².